The monoisotopic (exact) mass is 651 g/mol. The maximum absolute atomic E-state index is 13.7. The van der Waals surface area contributed by atoms with Crippen molar-refractivity contribution >= 4 is 11.5 Å². The summed E-state index contributed by atoms with van der Waals surface area (Å²) in [5, 5.41) is 7.01. The Kier molecular flexibility index (Phi) is 11.4. The first-order valence-corrected chi connectivity index (χ1v) is 17.6. The fourth-order valence-electron chi connectivity index (χ4n) is 7.51. The minimum atomic E-state index is -4.52. The molecule has 6 nitrogen and oxygen atoms in total. The summed E-state index contributed by atoms with van der Waals surface area (Å²) in [7, 11) is 0. The maximum Gasteiger partial charge on any atom is 0.433 e. The van der Waals surface area contributed by atoms with Gasteiger partial charge in [-0.1, -0.05) is 57.1 Å². The minimum absolute atomic E-state index is 0.0166. The SMILES string of the molecule is CCC1=C(C(=O)CCCCCC/C=C/C[C@H]2CC[C@H](N)C2)CC(C)C(NC2=CCC=CN3C(C4=CCN=C4C(F)(F)F)=CNC23C)=C1. The Morgan fingerprint density at radius 3 is 2.74 bits per heavy atom. The number of alkyl halides is 3. The number of unbranched alkanes of at least 4 members (excludes halogenated alkanes) is 4. The third-order valence-electron chi connectivity index (χ3n) is 10.3. The maximum atomic E-state index is 13.7. The van der Waals surface area contributed by atoms with E-state index in [0.29, 0.717) is 31.0 Å². The average Bonchev–Trinajstić information content (AvgIpc) is 3.75. The highest BCUT2D eigenvalue weighted by atomic mass is 19.4. The zero-order valence-corrected chi connectivity index (χ0v) is 28.3. The van der Waals surface area contributed by atoms with E-state index < -0.39 is 17.6 Å². The number of nitrogens with one attached hydrogen (secondary N) is 2. The van der Waals surface area contributed by atoms with Crippen LogP contribution in [0.3, 0.4) is 0 Å². The summed E-state index contributed by atoms with van der Waals surface area (Å²) in [4.78, 5) is 19.0. The third kappa shape index (κ3) is 8.22. The van der Waals surface area contributed by atoms with Crippen molar-refractivity contribution in [1.82, 2.24) is 15.5 Å². The molecule has 256 valence electrons. The number of nitrogens with zero attached hydrogens (tertiary/aromatic N) is 2. The van der Waals surface area contributed by atoms with E-state index in [0.717, 1.165) is 79.8 Å². The number of halogens is 3. The van der Waals surface area contributed by atoms with Crippen LogP contribution in [0.2, 0.25) is 0 Å². The summed E-state index contributed by atoms with van der Waals surface area (Å²) >= 11 is 0. The molecular weight excluding hydrogens is 599 g/mol. The van der Waals surface area contributed by atoms with Gasteiger partial charge in [0.25, 0.3) is 0 Å². The van der Waals surface area contributed by atoms with Gasteiger partial charge < -0.3 is 21.3 Å². The zero-order chi connectivity index (χ0) is 33.6. The molecule has 9 heteroatoms. The summed E-state index contributed by atoms with van der Waals surface area (Å²) < 4.78 is 41.2. The van der Waals surface area contributed by atoms with Crippen molar-refractivity contribution < 1.29 is 18.0 Å². The van der Waals surface area contributed by atoms with E-state index in [4.69, 9.17) is 5.73 Å². The Labute approximate surface area is 278 Å². The summed E-state index contributed by atoms with van der Waals surface area (Å²) in [5.41, 5.74) is 8.81. The Morgan fingerprint density at radius 1 is 1.19 bits per heavy atom. The molecule has 1 fully saturated rings. The van der Waals surface area contributed by atoms with E-state index >= 15 is 0 Å². The largest absolute Gasteiger partial charge is 0.433 e. The lowest BCUT2D eigenvalue weighted by Gasteiger charge is -2.39. The molecule has 0 aromatic heterocycles. The number of carbonyl (C=O) groups excluding carboxylic acids is 1. The van der Waals surface area contributed by atoms with Crippen LogP contribution in [0.1, 0.15) is 104 Å². The molecule has 5 aliphatic rings. The molecule has 2 unspecified atom stereocenters. The Hall–Kier alpha value is -3.33. The first-order chi connectivity index (χ1) is 22.5. The topological polar surface area (TPSA) is 82.8 Å². The normalized spacial score (nSPS) is 27.7. The smallest absolute Gasteiger partial charge is 0.362 e. The number of hydrogen-bond donors (Lipinski definition) is 3. The van der Waals surface area contributed by atoms with Crippen molar-refractivity contribution in [3.8, 4) is 0 Å². The standard InChI is InChI=1S/C38H52F3N5O/c1-4-28-24-32(26(2)22-31(28)34(47)15-11-9-7-5-6-8-10-14-27-17-18-29(42)23-27)45-35-16-12-13-21-46-33(25-44-37(35,46)3)30-19-20-43-36(30)38(39,40)41/h8,10,13,16,19,21,24-27,29,44-45H,4-7,9,11-12,14-15,17-18,20,22-23,42H2,1-3H3/b10-8+/t26?,27-,29-,37?/m0/s1. The van der Waals surface area contributed by atoms with Crippen LogP contribution in [0.4, 0.5) is 13.2 Å². The summed E-state index contributed by atoms with van der Waals surface area (Å²) in [5.74, 6) is 1.12. The highest BCUT2D eigenvalue weighted by Gasteiger charge is 2.47. The average molecular weight is 652 g/mol. The molecule has 0 bridgehead atoms. The van der Waals surface area contributed by atoms with Crippen LogP contribution >= 0.6 is 0 Å². The summed E-state index contributed by atoms with van der Waals surface area (Å²) in [6, 6.07) is 0.402. The molecular formula is C38H52F3N5O. The Morgan fingerprint density at radius 2 is 2.00 bits per heavy atom. The minimum Gasteiger partial charge on any atom is -0.362 e. The van der Waals surface area contributed by atoms with Crippen molar-refractivity contribution in [1.29, 1.82) is 0 Å². The Balaban J connectivity index is 1.15. The molecule has 1 saturated carbocycles. The van der Waals surface area contributed by atoms with Crippen molar-refractivity contribution in [2.75, 3.05) is 6.54 Å². The summed E-state index contributed by atoms with van der Waals surface area (Å²) in [6.45, 7) is 6.20. The van der Waals surface area contributed by atoms with E-state index in [-0.39, 0.29) is 23.8 Å². The van der Waals surface area contributed by atoms with Gasteiger partial charge in [-0.25, -0.2) is 0 Å². The lowest BCUT2D eigenvalue weighted by molar-refractivity contribution is -0.116. The van der Waals surface area contributed by atoms with Gasteiger partial charge in [-0.15, -0.1) is 0 Å². The Bertz CT molecular complexity index is 1430. The zero-order valence-electron chi connectivity index (χ0n) is 28.3. The van der Waals surface area contributed by atoms with Crippen LogP contribution in [0.15, 0.2) is 87.7 Å². The van der Waals surface area contributed by atoms with Gasteiger partial charge in [0.15, 0.2) is 11.4 Å². The third-order valence-corrected chi connectivity index (χ3v) is 10.3. The quantitative estimate of drug-likeness (QED) is 0.130. The van der Waals surface area contributed by atoms with E-state index in [9.17, 15) is 18.0 Å². The van der Waals surface area contributed by atoms with Crippen LogP contribution in [0, 0.1) is 11.8 Å². The van der Waals surface area contributed by atoms with Crippen LogP contribution < -0.4 is 16.4 Å². The molecule has 0 amide bonds. The molecule has 3 heterocycles. The molecule has 0 radical (unpaired) electrons. The fraction of sp³-hybridized carbons (Fsp3) is 0.579. The second kappa shape index (κ2) is 15.3. The van der Waals surface area contributed by atoms with Gasteiger partial charge in [-0.05, 0) is 94.3 Å². The van der Waals surface area contributed by atoms with Gasteiger partial charge in [-0.2, -0.15) is 13.2 Å². The number of allylic oxidation sites excluding steroid dienone is 9. The number of carbonyl (C=O) groups is 1. The lowest BCUT2D eigenvalue weighted by Crippen LogP contribution is -2.52. The molecule has 3 aliphatic heterocycles. The first-order valence-electron chi connectivity index (χ1n) is 17.6. The van der Waals surface area contributed by atoms with Gasteiger partial charge in [0.1, 0.15) is 5.71 Å². The van der Waals surface area contributed by atoms with Crippen molar-refractivity contribution in [2.45, 2.75) is 122 Å². The van der Waals surface area contributed by atoms with Gasteiger partial charge in [0.05, 0.1) is 17.9 Å². The number of rotatable bonds is 14. The van der Waals surface area contributed by atoms with Gasteiger partial charge in [0.2, 0.25) is 0 Å². The molecule has 2 aliphatic carbocycles. The molecule has 4 atom stereocenters. The van der Waals surface area contributed by atoms with Gasteiger partial charge >= 0.3 is 6.18 Å². The molecule has 0 spiro atoms. The van der Waals surface area contributed by atoms with Gasteiger partial charge in [0, 0.05) is 42.1 Å². The van der Waals surface area contributed by atoms with Crippen LogP contribution in [-0.4, -0.2) is 40.8 Å². The predicted octanol–water partition coefficient (Wildman–Crippen LogP) is 8.40. The molecule has 0 aromatic carbocycles. The number of Topliss-reactive ketones (excluding diaryl/α,β-unsaturated/α-hetero) is 1. The van der Waals surface area contributed by atoms with Crippen LogP contribution in [-0.2, 0) is 4.79 Å². The molecule has 47 heavy (non-hydrogen) atoms. The van der Waals surface area contributed by atoms with E-state index in [1.165, 1.54) is 18.9 Å². The van der Waals surface area contributed by atoms with Crippen molar-refractivity contribution in [3.05, 3.63) is 82.7 Å². The highest BCUT2D eigenvalue weighted by Crippen LogP contribution is 2.40. The van der Waals surface area contributed by atoms with Crippen LogP contribution in [0.25, 0.3) is 0 Å². The molecule has 4 N–H and O–H groups in total. The number of aliphatic imine (C=N–C) groups is 1. The highest BCUT2D eigenvalue weighted by molar-refractivity contribution is 6.09. The van der Waals surface area contributed by atoms with E-state index in [2.05, 4.69) is 53.8 Å². The number of ketones is 1. The molecule has 0 aromatic rings. The predicted molar refractivity (Wildman–Crippen MR) is 184 cm³/mol. The second-order valence-electron chi connectivity index (χ2n) is 13.9. The fourth-order valence-corrected chi connectivity index (χ4v) is 7.51. The van der Waals surface area contributed by atoms with Crippen molar-refractivity contribution in [2.24, 2.45) is 22.6 Å². The lowest BCUT2D eigenvalue weighted by atomic mass is 9.83. The molecule has 0 saturated heterocycles. The summed E-state index contributed by atoms with van der Waals surface area (Å²) in [6.07, 6.45) is 24.1. The van der Waals surface area contributed by atoms with Gasteiger partial charge in [-0.3, -0.25) is 9.79 Å². The first kappa shape index (κ1) is 35.0. The number of nitrogens with two attached hydrogens (primary N) is 1. The van der Waals surface area contributed by atoms with E-state index in [1.54, 1.807) is 6.20 Å². The van der Waals surface area contributed by atoms with Crippen LogP contribution in [0.5, 0.6) is 0 Å². The van der Waals surface area contributed by atoms with E-state index in [1.807, 2.05) is 24.1 Å². The number of fused-ring (bicyclic) bond motifs is 1. The second-order valence-corrected chi connectivity index (χ2v) is 13.9. The number of hydrogen-bond acceptors (Lipinski definition) is 6. The molecule has 5 rings (SSSR count). The van der Waals surface area contributed by atoms with Crippen molar-refractivity contribution in [3.63, 3.8) is 0 Å².